The third kappa shape index (κ3) is 5.87. The van der Waals surface area contributed by atoms with E-state index >= 15 is 0 Å². The summed E-state index contributed by atoms with van der Waals surface area (Å²) >= 11 is 0. The van der Waals surface area contributed by atoms with Crippen LogP contribution in [0, 0.1) is 18.3 Å². The maximum Gasteiger partial charge on any atom is 0.228 e. The van der Waals surface area contributed by atoms with Crippen molar-refractivity contribution < 1.29 is 14.3 Å². The van der Waals surface area contributed by atoms with Crippen molar-refractivity contribution in [2.45, 2.75) is 19.3 Å². The molecule has 1 atom stereocenters. The number of rotatable bonds is 8. The highest BCUT2D eigenvalue weighted by Gasteiger charge is 2.32. The number of ether oxygens (including phenoxy) is 1. The van der Waals surface area contributed by atoms with E-state index in [0.29, 0.717) is 32.5 Å². The Bertz CT molecular complexity index is 509. The van der Waals surface area contributed by atoms with Crippen LogP contribution in [0.25, 0.3) is 0 Å². The molecular weight excluding hydrogens is 318 g/mol. The van der Waals surface area contributed by atoms with Gasteiger partial charge in [-0.2, -0.15) is 0 Å². The summed E-state index contributed by atoms with van der Waals surface area (Å²) in [4.78, 5) is 30.7. The summed E-state index contributed by atoms with van der Waals surface area (Å²) in [5, 5.41) is 0. The molecule has 2 fully saturated rings. The van der Waals surface area contributed by atoms with Crippen molar-refractivity contribution in [2.75, 3.05) is 59.0 Å². The van der Waals surface area contributed by atoms with Crippen molar-refractivity contribution in [2.24, 2.45) is 5.92 Å². The predicted molar refractivity (Wildman–Crippen MR) is 96.8 cm³/mol. The van der Waals surface area contributed by atoms with Gasteiger partial charge in [-0.3, -0.25) is 14.5 Å². The van der Waals surface area contributed by atoms with Gasteiger partial charge in [-0.05, 0) is 12.8 Å². The van der Waals surface area contributed by atoms with Crippen LogP contribution in [0.5, 0.6) is 0 Å². The van der Waals surface area contributed by atoms with Gasteiger partial charge in [0.1, 0.15) is 0 Å². The van der Waals surface area contributed by atoms with Gasteiger partial charge in [0, 0.05) is 45.7 Å². The van der Waals surface area contributed by atoms with Crippen molar-refractivity contribution in [1.29, 1.82) is 0 Å². The lowest BCUT2D eigenvalue weighted by atomic mass is 9.95. The van der Waals surface area contributed by atoms with Gasteiger partial charge in [-0.25, -0.2) is 0 Å². The van der Waals surface area contributed by atoms with Gasteiger partial charge in [0.15, 0.2) is 0 Å². The summed E-state index contributed by atoms with van der Waals surface area (Å²) in [7, 11) is 0. The molecular formula is C19H29N3O3. The largest absolute Gasteiger partial charge is 0.379 e. The van der Waals surface area contributed by atoms with Crippen molar-refractivity contribution in [1.82, 2.24) is 14.7 Å². The Morgan fingerprint density at radius 1 is 1.40 bits per heavy atom. The Morgan fingerprint density at radius 3 is 2.84 bits per heavy atom. The van der Waals surface area contributed by atoms with Gasteiger partial charge < -0.3 is 14.5 Å². The third-order valence-corrected chi connectivity index (χ3v) is 4.80. The van der Waals surface area contributed by atoms with Gasteiger partial charge in [0.2, 0.25) is 11.8 Å². The zero-order chi connectivity index (χ0) is 18.1. The molecule has 0 radical (unpaired) electrons. The Balaban J connectivity index is 1.82. The van der Waals surface area contributed by atoms with Crippen LogP contribution in [0.1, 0.15) is 19.3 Å². The molecule has 0 unspecified atom stereocenters. The molecule has 0 N–H and O–H groups in total. The molecule has 2 rings (SSSR count). The first-order valence-electron chi connectivity index (χ1n) is 9.06. The number of amides is 2. The van der Waals surface area contributed by atoms with E-state index in [9.17, 15) is 9.59 Å². The van der Waals surface area contributed by atoms with Crippen LogP contribution in [0.3, 0.4) is 0 Å². The summed E-state index contributed by atoms with van der Waals surface area (Å²) in [6.07, 6.45) is 9.01. The standard InChI is InChI=1S/C19H29N3O3/c1-3-8-21(9-4-2)19(24)17-6-7-18(23)22(16-17)11-5-10-20-12-14-25-15-13-20/h1,4,17H,2,5-16H2/t17-/m1/s1. The fourth-order valence-corrected chi connectivity index (χ4v) is 3.40. The number of piperidine rings is 1. The Kier molecular flexibility index (Phi) is 7.96. The molecule has 2 amide bonds. The quantitative estimate of drug-likeness (QED) is 0.477. The lowest BCUT2D eigenvalue weighted by molar-refractivity contribution is -0.142. The minimum absolute atomic E-state index is 0.0310. The number of carbonyl (C=O) groups is 2. The normalized spacial score (nSPS) is 21.6. The molecule has 138 valence electrons. The van der Waals surface area contributed by atoms with E-state index in [1.807, 2.05) is 4.90 Å². The third-order valence-electron chi connectivity index (χ3n) is 4.80. The molecule has 0 saturated carbocycles. The monoisotopic (exact) mass is 347 g/mol. The zero-order valence-corrected chi connectivity index (χ0v) is 15.0. The first kappa shape index (κ1) is 19.5. The minimum atomic E-state index is -0.158. The lowest BCUT2D eigenvalue weighted by Gasteiger charge is -2.35. The molecule has 2 aliphatic heterocycles. The minimum Gasteiger partial charge on any atom is -0.379 e. The highest BCUT2D eigenvalue weighted by molar-refractivity contribution is 5.84. The van der Waals surface area contributed by atoms with Crippen LogP contribution >= 0.6 is 0 Å². The highest BCUT2D eigenvalue weighted by Crippen LogP contribution is 2.20. The number of hydrogen-bond acceptors (Lipinski definition) is 4. The van der Waals surface area contributed by atoms with Crippen molar-refractivity contribution in [3.05, 3.63) is 12.7 Å². The number of morpholine rings is 1. The lowest BCUT2D eigenvalue weighted by Crippen LogP contribution is -2.48. The number of likely N-dealkylation sites (tertiary alicyclic amines) is 1. The molecule has 6 nitrogen and oxygen atoms in total. The maximum absolute atomic E-state index is 12.7. The average molecular weight is 347 g/mol. The summed E-state index contributed by atoms with van der Waals surface area (Å²) < 4.78 is 5.35. The van der Waals surface area contributed by atoms with Crippen LogP contribution in [-0.4, -0.2) is 85.5 Å². The van der Waals surface area contributed by atoms with Gasteiger partial charge in [0.25, 0.3) is 0 Å². The Labute approximate surface area is 150 Å². The SMILES string of the molecule is C#CCN(CC=C)C(=O)[C@@H]1CCC(=O)N(CCCN2CCOCC2)C1. The summed E-state index contributed by atoms with van der Waals surface area (Å²) in [5.74, 6) is 2.55. The van der Waals surface area contributed by atoms with E-state index in [2.05, 4.69) is 17.4 Å². The zero-order valence-electron chi connectivity index (χ0n) is 15.0. The topological polar surface area (TPSA) is 53.1 Å². The van der Waals surface area contributed by atoms with Crippen LogP contribution in [0.15, 0.2) is 12.7 Å². The van der Waals surface area contributed by atoms with E-state index in [-0.39, 0.29) is 24.3 Å². The van der Waals surface area contributed by atoms with Crippen LogP contribution in [0.2, 0.25) is 0 Å². The molecule has 25 heavy (non-hydrogen) atoms. The fraction of sp³-hybridized carbons (Fsp3) is 0.684. The van der Waals surface area contributed by atoms with Gasteiger partial charge in [-0.1, -0.05) is 12.0 Å². The average Bonchev–Trinajstić information content (AvgIpc) is 2.63. The fourth-order valence-electron chi connectivity index (χ4n) is 3.40. The molecule has 6 heteroatoms. The molecule has 0 aliphatic carbocycles. The summed E-state index contributed by atoms with van der Waals surface area (Å²) in [5.41, 5.74) is 0. The van der Waals surface area contributed by atoms with Crippen LogP contribution in [0.4, 0.5) is 0 Å². The molecule has 2 saturated heterocycles. The molecule has 0 aromatic carbocycles. The first-order valence-corrected chi connectivity index (χ1v) is 9.06. The van der Waals surface area contributed by atoms with Crippen LogP contribution in [-0.2, 0) is 14.3 Å². The second kappa shape index (κ2) is 10.2. The summed E-state index contributed by atoms with van der Waals surface area (Å²) in [6.45, 7) is 10.1. The second-order valence-corrected chi connectivity index (χ2v) is 6.59. The van der Waals surface area contributed by atoms with E-state index in [0.717, 1.165) is 39.3 Å². The van der Waals surface area contributed by atoms with E-state index in [1.54, 1.807) is 11.0 Å². The molecule has 2 aliphatic rings. The first-order chi connectivity index (χ1) is 12.2. The molecule has 0 aromatic heterocycles. The molecule has 2 heterocycles. The van der Waals surface area contributed by atoms with Gasteiger partial charge >= 0.3 is 0 Å². The number of carbonyl (C=O) groups excluding carboxylic acids is 2. The van der Waals surface area contributed by atoms with Gasteiger partial charge in [-0.15, -0.1) is 13.0 Å². The molecule has 0 spiro atoms. The molecule has 0 bridgehead atoms. The van der Waals surface area contributed by atoms with Crippen LogP contribution < -0.4 is 0 Å². The number of terminal acetylenes is 1. The van der Waals surface area contributed by atoms with Crippen molar-refractivity contribution in [3.8, 4) is 12.3 Å². The van der Waals surface area contributed by atoms with Gasteiger partial charge in [0.05, 0.1) is 25.7 Å². The predicted octanol–water partition coefficient (Wildman–Crippen LogP) is 0.595. The second-order valence-electron chi connectivity index (χ2n) is 6.59. The Morgan fingerprint density at radius 2 is 2.16 bits per heavy atom. The van der Waals surface area contributed by atoms with E-state index in [4.69, 9.17) is 11.2 Å². The number of nitrogens with zero attached hydrogens (tertiary/aromatic N) is 3. The van der Waals surface area contributed by atoms with Crippen molar-refractivity contribution >= 4 is 11.8 Å². The highest BCUT2D eigenvalue weighted by atomic mass is 16.5. The van der Waals surface area contributed by atoms with Crippen molar-refractivity contribution in [3.63, 3.8) is 0 Å². The van der Waals surface area contributed by atoms with E-state index < -0.39 is 0 Å². The molecule has 0 aromatic rings. The summed E-state index contributed by atoms with van der Waals surface area (Å²) in [6, 6.07) is 0. The smallest absolute Gasteiger partial charge is 0.228 e. The number of hydrogen-bond donors (Lipinski definition) is 0. The van der Waals surface area contributed by atoms with E-state index in [1.165, 1.54) is 0 Å². The maximum atomic E-state index is 12.7. The Hall–Kier alpha value is -1.84.